The fraction of sp³-hybridized carbons (Fsp3) is 0.667. The molecule has 0 saturated heterocycles. The standard InChI is InChI=1S/2C10H15.2C2H5.2ClH.H2Si.Zr/c2*1-8-5-6-9(7-8)10(2,3)4;2*1-2;;;;/h2*6-8H,1-4H3;2*1H2,2H3;2*1H;1H2;. The van der Waals surface area contributed by atoms with E-state index in [0.29, 0.717) is 11.8 Å². The van der Waals surface area contributed by atoms with E-state index in [0.717, 1.165) is 0 Å². The van der Waals surface area contributed by atoms with E-state index in [-0.39, 0.29) is 35.6 Å². The molecule has 0 aromatic carbocycles. The maximum atomic E-state index is 2.65. The van der Waals surface area contributed by atoms with Crippen LogP contribution in [-0.4, -0.2) is 6.88 Å². The van der Waals surface area contributed by atoms with Crippen LogP contribution in [-0.2, 0) is 17.4 Å². The van der Waals surface area contributed by atoms with Crippen molar-refractivity contribution in [3.63, 3.8) is 0 Å². The predicted molar refractivity (Wildman–Crippen MR) is 134 cm³/mol. The first-order valence-electron chi connectivity index (χ1n) is 10.6. The summed E-state index contributed by atoms with van der Waals surface area (Å²) in [5.74, 6) is 1.22. The Morgan fingerprint density at radius 2 is 1.04 bits per heavy atom. The molecule has 0 nitrogen and oxygen atoms in total. The van der Waals surface area contributed by atoms with Crippen molar-refractivity contribution in [1.29, 1.82) is 0 Å². The molecule has 0 N–H and O–H groups in total. The summed E-state index contributed by atoms with van der Waals surface area (Å²) in [5.41, 5.74) is 3.62. The fourth-order valence-corrected chi connectivity index (χ4v) is 25.1. The van der Waals surface area contributed by atoms with Crippen LogP contribution >= 0.6 is 24.8 Å². The summed E-state index contributed by atoms with van der Waals surface area (Å²) in [7, 11) is 0. The SMILES string of the molecule is C[CH2][Zr](=[SiH2])([CH2]C)([C]1=CC(C(C)(C)C)=CC1C)[C]1=CC(C(C)(C)C)=CC1C.Cl.Cl. The Morgan fingerprint density at radius 3 is 1.21 bits per heavy atom. The maximum Gasteiger partial charge on any atom is -0.147 e. The van der Waals surface area contributed by atoms with E-state index in [1.807, 2.05) is 6.56 Å². The van der Waals surface area contributed by atoms with Gasteiger partial charge >= 0.3 is 166 Å². The minimum absolute atomic E-state index is 0. The summed E-state index contributed by atoms with van der Waals surface area (Å²) < 4.78 is 6.45. The molecular formula is C24H44Cl2SiZr. The third kappa shape index (κ3) is 4.76. The van der Waals surface area contributed by atoms with Gasteiger partial charge in [-0.2, -0.15) is 0 Å². The molecule has 28 heavy (non-hydrogen) atoms. The number of hydrogen-bond acceptors (Lipinski definition) is 0. The van der Waals surface area contributed by atoms with Crippen LogP contribution in [0, 0.1) is 22.7 Å². The van der Waals surface area contributed by atoms with Crippen molar-refractivity contribution < 1.29 is 17.4 Å². The number of hydrogen-bond donors (Lipinski definition) is 0. The van der Waals surface area contributed by atoms with Crippen molar-refractivity contribution in [2.24, 2.45) is 22.7 Å². The van der Waals surface area contributed by atoms with E-state index in [4.69, 9.17) is 0 Å². The summed E-state index contributed by atoms with van der Waals surface area (Å²) >= 11 is -3.22. The second kappa shape index (κ2) is 9.02. The van der Waals surface area contributed by atoms with Crippen LogP contribution in [0.3, 0.4) is 0 Å². The average molecular weight is 523 g/mol. The molecule has 2 aliphatic rings. The minimum atomic E-state index is -3.22. The second-order valence-corrected chi connectivity index (χ2v) is 37.1. The molecule has 0 radical (unpaired) electrons. The third-order valence-corrected chi connectivity index (χ3v) is 36.9. The molecule has 0 spiro atoms. The molecule has 162 valence electrons. The molecule has 0 aliphatic heterocycles. The molecule has 0 heterocycles. The summed E-state index contributed by atoms with van der Waals surface area (Å²) in [6.07, 6.45) is 10.4. The van der Waals surface area contributed by atoms with Gasteiger partial charge in [0.2, 0.25) is 0 Å². The van der Waals surface area contributed by atoms with Gasteiger partial charge in [0, 0.05) is 0 Å². The number of allylic oxidation sites excluding steroid dienone is 8. The first-order chi connectivity index (χ1) is 11.7. The van der Waals surface area contributed by atoms with E-state index in [1.54, 1.807) is 11.1 Å². The van der Waals surface area contributed by atoms with Gasteiger partial charge in [-0.15, -0.1) is 24.8 Å². The Kier molecular flexibility index (Phi) is 9.22. The molecule has 4 heteroatoms. The molecule has 0 bridgehead atoms. The van der Waals surface area contributed by atoms with Crippen molar-refractivity contribution in [2.45, 2.75) is 77.5 Å². The molecule has 0 fully saturated rings. The maximum absolute atomic E-state index is 3.22. The minimum Gasteiger partial charge on any atom is -0.147 e. The molecule has 0 saturated carbocycles. The summed E-state index contributed by atoms with van der Waals surface area (Å²) in [4.78, 5) is 0. The normalized spacial score (nSPS) is 23.2. The van der Waals surface area contributed by atoms with Gasteiger partial charge in [-0.25, -0.2) is 0 Å². The molecule has 2 aliphatic carbocycles. The van der Waals surface area contributed by atoms with Crippen molar-refractivity contribution in [3.8, 4) is 0 Å². The van der Waals surface area contributed by atoms with Gasteiger partial charge in [0.05, 0.1) is 0 Å². The molecular weight excluding hydrogens is 478 g/mol. The van der Waals surface area contributed by atoms with Crippen LogP contribution in [0.1, 0.15) is 69.2 Å². The van der Waals surface area contributed by atoms with Gasteiger partial charge in [-0.3, -0.25) is 0 Å². The molecule has 2 atom stereocenters. The third-order valence-electron chi connectivity index (χ3n) is 7.41. The van der Waals surface area contributed by atoms with E-state index in [2.05, 4.69) is 100 Å². The zero-order valence-corrected chi connectivity index (χ0v) is 25.4. The molecule has 2 unspecified atom stereocenters. The number of halogens is 2. The largest absolute Gasteiger partial charge is 0.147 e. The molecule has 0 amide bonds. The van der Waals surface area contributed by atoms with Gasteiger partial charge in [0.1, 0.15) is 0 Å². The van der Waals surface area contributed by atoms with E-state index in [1.165, 1.54) is 8.26 Å². The predicted octanol–water partition coefficient (Wildman–Crippen LogP) is 7.96. The van der Waals surface area contributed by atoms with Gasteiger partial charge in [-0.1, -0.05) is 0 Å². The Bertz CT molecular complexity index is 716. The molecule has 2 rings (SSSR count). The second-order valence-electron chi connectivity index (χ2n) is 11.2. The first kappa shape index (κ1) is 28.6. The van der Waals surface area contributed by atoms with E-state index >= 15 is 0 Å². The average Bonchev–Trinajstić information content (AvgIpc) is 3.10. The topological polar surface area (TPSA) is 0 Å². The molecule has 0 aromatic rings. The van der Waals surface area contributed by atoms with Crippen LogP contribution < -0.4 is 0 Å². The molecule has 0 aromatic heterocycles. The Balaban J connectivity index is 0.00000364. The zero-order valence-electron chi connectivity index (χ0n) is 19.9. The fourth-order valence-electron chi connectivity index (χ4n) is 5.15. The van der Waals surface area contributed by atoms with Crippen LogP contribution in [0.5, 0.6) is 0 Å². The Morgan fingerprint density at radius 1 is 0.750 bits per heavy atom. The quantitative estimate of drug-likeness (QED) is 0.329. The summed E-state index contributed by atoms with van der Waals surface area (Å²) in [5, 5.41) is 0. The van der Waals surface area contributed by atoms with Crippen LogP contribution in [0.25, 0.3) is 0 Å². The Labute approximate surface area is 190 Å². The van der Waals surface area contributed by atoms with Gasteiger partial charge < -0.3 is 0 Å². The monoisotopic (exact) mass is 520 g/mol. The van der Waals surface area contributed by atoms with Crippen molar-refractivity contribution in [1.82, 2.24) is 0 Å². The van der Waals surface area contributed by atoms with Gasteiger partial charge in [0.15, 0.2) is 0 Å². The zero-order chi connectivity index (χ0) is 20.2. The van der Waals surface area contributed by atoms with Crippen LogP contribution in [0.4, 0.5) is 0 Å². The number of rotatable bonds is 4. The van der Waals surface area contributed by atoms with E-state index in [9.17, 15) is 0 Å². The van der Waals surface area contributed by atoms with Crippen LogP contribution in [0.2, 0.25) is 8.26 Å². The summed E-state index contributed by atoms with van der Waals surface area (Å²) in [6, 6.07) is 0. The van der Waals surface area contributed by atoms with Crippen LogP contribution in [0.15, 0.2) is 42.0 Å². The Hall–Kier alpha value is 0.640. The smallest absolute Gasteiger partial charge is 0.147 e. The first-order valence-corrected chi connectivity index (χ1v) is 22.5. The van der Waals surface area contributed by atoms with Gasteiger partial charge in [-0.05, 0) is 0 Å². The van der Waals surface area contributed by atoms with Crippen molar-refractivity contribution in [3.05, 3.63) is 42.0 Å². The van der Waals surface area contributed by atoms with E-state index < -0.39 is 17.4 Å². The van der Waals surface area contributed by atoms with Crippen molar-refractivity contribution in [2.75, 3.05) is 0 Å². The van der Waals surface area contributed by atoms with Gasteiger partial charge in [0.25, 0.3) is 0 Å². The summed E-state index contributed by atoms with van der Waals surface area (Å²) in [6.45, 7) is 26.5. The van der Waals surface area contributed by atoms with Crippen molar-refractivity contribution >= 4 is 31.7 Å².